The largest absolute Gasteiger partial charge is 0.494 e. The zero-order valence-corrected chi connectivity index (χ0v) is 9.14. The summed E-state index contributed by atoms with van der Waals surface area (Å²) in [4.78, 5) is 0. The number of halogens is 1. The molecule has 0 radical (unpaired) electrons. The highest BCUT2D eigenvalue weighted by Crippen LogP contribution is 2.31. The van der Waals surface area contributed by atoms with Crippen molar-refractivity contribution in [2.24, 2.45) is 5.73 Å². The zero-order valence-electron chi connectivity index (χ0n) is 8.32. The number of ether oxygens (including phenoxy) is 1. The second-order valence-electron chi connectivity index (χ2n) is 3.44. The molecule has 1 atom stereocenters. The quantitative estimate of drug-likeness (QED) is 0.819. The Bertz CT molecular complexity index is 314. The third kappa shape index (κ3) is 2.02. The topological polar surface area (TPSA) is 35.2 Å². The number of fused-ring (bicyclic) bond motifs is 1. The standard InChI is InChI=1S/C11H15NO.ClH/c1-2-13-9-4-5-10-8(7-9)3-6-11(10)12;/h4-5,7,11H,2-3,6,12H2,1H3;1H/t11-;/m0./s1. The van der Waals surface area contributed by atoms with E-state index in [-0.39, 0.29) is 18.4 Å². The highest BCUT2D eigenvalue weighted by atomic mass is 35.5. The second kappa shape index (κ2) is 4.67. The first-order valence-corrected chi connectivity index (χ1v) is 4.82. The normalized spacial score (nSPS) is 18.6. The Hall–Kier alpha value is -0.730. The molecule has 14 heavy (non-hydrogen) atoms. The molecule has 1 aromatic carbocycles. The van der Waals surface area contributed by atoms with Gasteiger partial charge in [-0.15, -0.1) is 12.4 Å². The molecule has 0 heterocycles. The molecule has 1 aromatic rings. The first-order valence-electron chi connectivity index (χ1n) is 4.82. The molecule has 2 rings (SSSR count). The molecular weight excluding hydrogens is 198 g/mol. The summed E-state index contributed by atoms with van der Waals surface area (Å²) in [5.74, 6) is 0.968. The number of rotatable bonds is 2. The van der Waals surface area contributed by atoms with E-state index in [0.717, 1.165) is 25.2 Å². The van der Waals surface area contributed by atoms with Gasteiger partial charge in [0.2, 0.25) is 0 Å². The first-order chi connectivity index (χ1) is 6.31. The Morgan fingerprint density at radius 2 is 2.29 bits per heavy atom. The lowest BCUT2D eigenvalue weighted by Crippen LogP contribution is -2.04. The van der Waals surface area contributed by atoms with E-state index in [1.165, 1.54) is 11.1 Å². The smallest absolute Gasteiger partial charge is 0.119 e. The summed E-state index contributed by atoms with van der Waals surface area (Å²) < 4.78 is 5.43. The van der Waals surface area contributed by atoms with E-state index in [1.54, 1.807) is 0 Å². The van der Waals surface area contributed by atoms with Crippen LogP contribution in [0.2, 0.25) is 0 Å². The summed E-state index contributed by atoms with van der Waals surface area (Å²) in [5, 5.41) is 0. The summed E-state index contributed by atoms with van der Waals surface area (Å²) in [6, 6.07) is 6.46. The van der Waals surface area contributed by atoms with Crippen LogP contribution in [0.1, 0.15) is 30.5 Å². The molecule has 0 unspecified atom stereocenters. The van der Waals surface area contributed by atoms with Gasteiger partial charge in [0.25, 0.3) is 0 Å². The number of aryl methyl sites for hydroxylation is 1. The van der Waals surface area contributed by atoms with Crippen molar-refractivity contribution in [3.63, 3.8) is 0 Å². The van der Waals surface area contributed by atoms with Gasteiger partial charge in [-0.1, -0.05) is 6.07 Å². The molecule has 2 nitrogen and oxygen atoms in total. The first kappa shape index (κ1) is 11.3. The van der Waals surface area contributed by atoms with Crippen LogP contribution < -0.4 is 10.5 Å². The van der Waals surface area contributed by atoms with E-state index in [1.807, 2.05) is 13.0 Å². The predicted molar refractivity (Wildman–Crippen MR) is 60.1 cm³/mol. The fourth-order valence-electron chi connectivity index (χ4n) is 1.88. The van der Waals surface area contributed by atoms with Crippen LogP contribution in [-0.2, 0) is 6.42 Å². The SMILES string of the molecule is CCOc1ccc2c(c1)CC[C@@H]2N.Cl. The number of hydrogen-bond donors (Lipinski definition) is 1. The molecule has 78 valence electrons. The van der Waals surface area contributed by atoms with Crippen molar-refractivity contribution < 1.29 is 4.74 Å². The molecule has 1 aliphatic rings. The van der Waals surface area contributed by atoms with Crippen LogP contribution in [0.4, 0.5) is 0 Å². The monoisotopic (exact) mass is 213 g/mol. The third-order valence-electron chi connectivity index (χ3n) is 2.55. The Morgan fingerprint density at radius 3 is 3.00 bits per heavy atom. The van der Waals surface area contributed by atoms with E-state index >= 15 is 0 Å². The highest BCUT2D eigenvalue weighted by Gasteiger charge is 2.18. The van der Waals surface area contributed by atoms with E-state index < -0.39 is 0 Å². The van der Waals surface area contributed by atoms with Gasteiger partial charge in [0.1, 0.15) is 5.75 Å². The Kier molecular flexibility index (Phi) is 3.78. The minimum Gasteiger partial charge on any atom is -0.494 e. The molecule has 0 aliphatic heterocycles. The minimum atomic E-state index is 0. The van der Waals surface area contributed by atoms with Gasteiger partial charge in [-0.25, -0.2) is 0 Å². The average Bonchev–Trinajstić information content (AvgIpc) is 2.48. The van der Waals surface area contributed by atoms with Crippen LogP contribution in [0.15, 0.2) is 18.2 Å². The molecular formula is C11H16ClNO. The van der Waals surface area contributed by atoms with Crippen LogP contribution in [0, 0.1) is 0 Å². The zero-order chi connectivity index (χ0) is 9.26. The van der Waals surface area contributed by atoms with Crippen molar-refractivity contribution >= 4 is 12.4 Å². The summed E-state index contributed by atoms with van der Waals surface area (Å²) in [6.07, 6.45) is 2.17. The maximum atomic E-state index is 5.93. The lowest BCUT2D eigenvalue weighted by atomic mass is 10.1. The number of hydrogen-bond acceptors (Lipinski definition) is 2. The van der Waals surface area contributed by atoms with Crippen LogP contribution in [0.3, 0.4) is 0 Å². The average molecular weight is 214 g/mol. The molecule has 0 bridgehead atoms. The predicted octanol–water partition coefficient (Wildman–Crippen LogP) is 2.45. The van der Waals surface area contributed by atoms with Crippen molar-refractivity contribution in [3.8, 4) is 5.75 Å². The summed E-state index contributed by atoms with van der Waals surface area (Å²) in [7, 11) is 0. The van der Waals surface area contributed by atoms with Crippen molar-refractivity contribution in [2.45, 2.75) is 25.8 Å². The van der Waals surface area contributed by atoms with E-state index in [2.05, 4.69) is 12.1 Å². The molecule has 3 heteroatoms. The fraction of sp³-hybridized carbons (Fsp3) is 0.455. The van der Waals surface area contributed by atoms with E-state index in [9.17, 15) is 0 Å². The van der Waals surface area contributed by atoms with Crippen molar-refractivity contribution in [3.05, 3.63) is 29.3 Å². The van der Waals surface area contributed by atoms with Gasteiger partial charge in [0.05, 0.1) is 6.61 Å². The van der Waals surface area contributed by atoms with Gasteiger partial charge in [-0.05, 0) is 43.0 Å². The molecule has 2 N–H and O–H groups in total. The van der Waals surface area contributed by atoms with E-state index in [0.29, 0.717) is 0 Å². The minimum absolute atomic E-state index is 0. The summed E-state index contributed by atoms with van der Waals surface area (Å²) in [6.45, 7) is 2.73. The third-order valence-corrected chi connectivity index (χ3v) is 2.55. The van der Waals surface area contributed by atoms with Crippen LogP contribution >= 0.6 is 12.4 Å². The van der Waals surface area contributed by atoms with Crippen molar-refractivity contribution in [1.29, 1.82) is 0 Å². The van der Waals surface area contributed by atoms with Crippen LogP contribution in [0.5, 0.6) is 5.75 Å². The molecule has 0 aromatic heterocycles. The van der Waals surface area contributed by atoms with Gasteiger partial charge in [0.15, 0.2) is 0 Å². The van der Waals surface area contributed by atoms with Gasteiger partial charge < -0.3 is 10.5 Å². The van der Waals surface area contributed by atoms with Crippen LogP contribution in [0.25, 0.3) is 0 Å². The number of benzene rings is 1. The molecule has 1 aliphatic carbocycles. The second-order valence-corrected chi connectivity index (χ2v) is 3.44. The maximum absolute atomic E-state index is 5.93. The molecule has 0 fully saturated rings. The molecule has 0 saturated heterocycles. The lowest BCUT2D eigenvalue weighted by Gasteiger charge is -2.07. The number of nitrogens with two attached hydrogens (primary N) is 1. The molecule has 0 saturated carbocycles. The Morgan fingerprint density at radius 1 is 1.50 bits per heavy atom. The summed E-state index contributed by atoms with van der Waals surface area (Å²) >= 11 is 0. The Labute approximate surface area is 90.9 Å². The van der Waals surface area contributed by atoms with Crippen molar-refractivity contribution in [2.75, 3.05) is 6.61 Å². The highest BCUT2D eigenvalue weighted by molar-refractivity contribution is 5.85. The van der Waals surface area contributed by atoms with Crippen molar-refractivity contribution in [1.82, 2.24) is 0 Å². The van der Waals surface area contributed by atoms with Crippen LogP contribution in [-0.4, -0.2) is 6.61 Å². The van der Waals surface area contributed by atoms with E-state index in [4.69, 9.17) is 10.5 Å². The maximum Gasteiger partial charge on any atom is 0.119 e. The van der Waals surface area contributed by atoms with Gasteiger partial charge in [-0.3, -0.25) is 0 Å². The van der Waals surface area contributed by atoms with Gasteiger partial charge in [-0.2, -0.15) is 0 Å². The van der Waals surface area contributed by atoms with Gasteiger partial charge >= 0.3 is 0 Å². The fourth-order valence-corrected chi connectivity index (χ4v) is 1.88. The summed E-state index contributed by atoms with van der Waals surface area (Å²) in [5.41, 5.74) is 8.58. The van der Waals surface area contributed by atoms with Gasteiger partial charge in [0, 0.05) is 6.04 Å². The Balaban J connectivity index is 0.000000980. The molecule has 0 amide bonds. The molecule has 0 spiro atoms. The lowest BCUT2D eigenvalue weighted by molar-refractivity contribution is 0.340.